The van der Waals surface area contributed by atoms with Crippen LogP contribution in [0.1, 0.15) is 52.5 Å². The van der Waals surface area contributed by atoms with Gasteiger partial charge in [0.25, 0.3) is 5.91 Å². The Hall–Kier alpha value is -2.08. The van der Waals surface area contributed by atoms with Gasteiger partial charge in [0.2, 0.25) is 0 Å². The molecular weight excluding hydrogens is 334 g/mol. The first-order chi connectivity index (χ1) is 12.1. The molecule has 0 aliphatic carbocycles. The first kappa shape index (κ1) is 20.2. The van der Waals surface area contributed by atoms with Crippen LogP contribution in [0.15, 0.2) is 24.3 Å². The van der Waals surface area contributed by atoms with E-state index in [1.54, 1.807) is 6.92 Å². The van der Waals surface area contributed by atoms with Gasteiger partial charge < -0.3 is 19.9 Å². The van der Waals surface area contributed by atoms with Gasteiger partial charge in [0, 0.05) is 13.2 Å². The van der Waals surface area contributed by atoms with Crippen molar-refractivity contribution in [3.63, 3.8) is 0 Å². The molecule has 2 N–H and O–H groups in total. The van der Waals surface area contributed by atoms with Crippen molar-refractivity contribution in [2.45, 2.75) is 64.0 Å². The van der Waals surface area contributed by atoms with E-state index < -0.39 is 17.6 Å². The molecule has 1 unspecified atom stereocenters. The molecule has 0 saturated carbocycles. The topological polar surface area (TPSA) is 84.9 Å². The zero-order valence-corrected chi connectivity index (χ0v) is 16.0. The molecule has 1 aliphatic heterocycles. The molecule has 0 aromatic heterocycles. The van der Waals surface area contributed by atoms with E-state index in [1.807, 2.05) is 24.3 Å². The van der Waals surface area contributed by atoms with Crippen molar-refractivity contribution >= 4 is 11.9 Å². The zero-order chi connectivity index (χ0) is 19.4. The Morgan fingerprint density at radius 1 is 1.31 bits per heavy atom. The molecule has 1 heterocycles. The molecular formula is C20H29NO5. The number of ether oxygens (including phenoxy) is 2. The van der Waals surface area contributed by atoms with Gasteiger partial charge >= 0.3 is 5.97 Å². The highest BCUT2D eigenvalue weighted by atomic mass is 16.5. The third-order valence-electron chi connectivity index (χ3n) is 4.71. The number of carboxylic acid groups (broad SMARTS) is 1. The molecule has 1 fully saturated rings. The van der Waals surface area contributed by atoms with Crippen molar-refractivity contribution in [1.29, 1.82) is 0 Å². The molecule has 6 nitrogen and oxygen atoms in total. The maximum Gasteiger partial charge on any atom is 0.305 e. The molecule has 1 aromatic carbocycles. The average molecular weight is 363 g/mol. The molecule has 0 bridgehead atoms. The van der Waals surface area contributed by atoms with Gasteiger partial charge in [0.05, 0.1) is 12.0 Å². The molecule has 0 spiro atoms. The lowest BCUT2D eigenvalue weighted by Crippen LogP contribution is -2.56. The van der Waals surface area contributed by atoms with Gasteiger partial charge in [-0.05, 0) is 42.9 Å². The van der Waals surface area contributed by atoms with Crippen molar-refractivity contribution < 1.29 is 24.2 Å². The summed E-state index contributed by atoms with van der Waals surface area (Å²) in [6.45, 7) is 8.90. The number of hydrogen-bond acceptors (Lipinski definition) is 4. The lowest BCUT2D eigenvalue weighted by Gasteiger charge is -2.37. The fraction of sp³-hybridized carbons (Fsp3) is 0.600. The predicted octanol–water partition coefficient (Wildman–Crippen LogP) is 2.89. The predicted molar refractivity (Wildman–Crippen MR) is 98.4 cm³/mol. The van der Waals surface area contributed by atoms with E-state index in [9.17, 15) is 14.7 Å². The van der Waals surface area contributed by atoms with E-state index >= 15 is 0 Å². The zero-order valence-electron chi connectivity index (χ0n) is 16.0. The number of hydrogen-bond donors (Lipinski definition) is 2. The number of nitrogens with one attached hydrogen (secondary N) is 1. The Balaban J connectivity index is 2.05. The van der Waals surface area contributed by atoms with E-state index in [2.05, 4.69) is 26.1 Å². The second kappa shape index (κ2) is 8.08. The number of rotatable bonds is 6. The van der Waals surface area contributed by atoms with Crippen molar-refractivity contribution in [2.75, 3.05) is 13.2 Å². The molecule has 1 atom stereocenters. The molecule has 144 valence electrons. The van der Waals surface area contributed by atoms with Crippen LogP contribution in [0.5, 0.6) is 5.75 Å². The average Bonchev–Trinajstić information content (AvgIpc) is 2.54. The Bertz CT molecular complexity index is 644. The molecule has 1 amide bonds. The number of aliphatic carboxylic acids is 1. The highest BCUT2D eigenvalue weighted by Crippen LogP contribution is 2.27. The molecule has 0 radical (unpaired) electrons. The smallest absolute Gasteiger partial charge is 0.305 e. The SMILES string of the molecule is CC(Oc1cccc(C(C)(C)C)c1)C(=O)NC1(CC(=O)O)CCOCC1. The Labute approximate surface area is 154 Å². The van der Waals surface area contributed by atoms with Gasteiger partial charge in [-0.3, -0.25) is 9.59 Å². The van der Waals surface area contributed by atoms with Crippen LogP contribution in [0.4, 0.5) is 0 Å². The summed E-state index contributed by atoms with van der Waals surface area (Å²) in [5.74, 6) is -0.618. The lowest BCUT2D eigenvalue weighted by molar-refractivity contribution is -0.141. The highest BCUT2D eigenvalue weighted by Gasteiger charge is 2.37. The maximum absolute atomic E-state index is 12.6. The van der Waals surface area contributed by atoms with Crippen LogP contribution < -0.4 is 10.1 Å². The van der Waals surface area contributed by atoms with Crippen LogP contribution in [0.3, 0.4) is 0 Å². The Kier molecular flexibility index (Phi) is 6.29. The van der Waals surface area contributed by atoms with Crippen molar-refractivity contribution in [1.82, 2.24) is 5.32 Å². The number of carbonyl (C=O) groups is 2. The summed E-state index contributed by atoms with van der Waals surface area (Å²) >= 11 is 0. The fourth-order valence-corrected chi connectivity index (χ4v) is 3.05. The van der Waals surface area contributed by atoms with Crippen LogP contribution in [0.25, 0.3) is 0 Å². The third kappa shape index (κ3) is 5.46. The Morgan fingerprint density at radius 2 is 1.96 bits per heavy atom. The fourth-order valence-electron chi connectivity index (χ4n) is 3.05. The third-order valence-corrected chi connectivity index (χ3v) is 4.71. The standard InChI is InChI=1S/C20H29NO5/c1-14(26-16-7-5-6-15(12-16)19(2,3)4)18(24)21-20(13-17(22)23)8-10-25-11-9-20/h5-7,12,14H,8-11,13H2,1-4H3,(H,21,24)(H,22,23). The van der Waals surface area contributed by atoms with Crippen molar-refractivity contribution in [2.24, 2.45) is 0 Å². The number of carbonyl (C=O) groups excluding carboxylic acids is 1. The molecule has 26 heavy (non-hydrogen) atoms. The normalized spacial score (nSPS) is 18.0. The van der Waals surface area contributed by atoms with Gasteiger partial charge in [-0.2, -0.15) is 0 Å². The van der Waals surface area contributed by atoms with E-state index in [1.165, 1.54) is 0 Å². The minimum Gasteiger partial charge on any atom is -0.481 e. The minimum atomic E-state index is -0.932. The van der Waals surface area contributed by atoms with Crippen LogP contribution in [0, 0.1) is 0 Å². The second-order valence-electron chi connectivity index (χ2n) is 7.99. The summed E-state index contributed by atoms with van der Waals surface area (Å²) in [6, 6.07) is 7.69. The summed E-state index contributed by atoms with van der Waals surface area (Å²) in [6.07, 6.45) is 0.127. The molecule has 1 aliphatic rings. The van der Waals surface area contributed by atoms with Crippen LogP contribution in [0.2, 0.25) is 0 Å². The first-order valence-corrected chi connectivity index (χ1v) is 9.00. The first-order valence-electron chi connectivity index (χ1n) is 9.00. The molecule has 1 saturated heterocycles. The quantitative estimate of drug-likeness (QED) is 0.812. The van der Waals surface area contributed by atoms with Gasteiger partial charge in [0.15, 0.2) is 6.10 Å². The van der Waals surface area contributed by atoms with E-state index in [4.69, 9.17) is 9.47 Å². The number of benzene rings is 1. The van der Waals surface area contributed by atoms with Gasteiger partial charge in [0.1, 0.15) is 5.75 Å². The second-order valence-corrected chi connectivity index (χ2v) is 7.99. The van der Waals surface area contributed by atoms with E-state index in [0.29, 0.717) is 31.8 Å². The monoisotopic (exact) mass is 363 g/mol. The lowest BCUT2D eigenvalue weighted by atomic mass is 9.86. The van der Waals surface area contributed by atoms with Gasteiger partial charge in [-0.15, -0.1) is 0 Å². The molecule has 1 aromatic rings. The van der Waals surface area contributed by atoms with Gasteiger partial charge in [-0.1, -0.05) is 32.9 Å². The summed E-state index contributed by atoms with van der Waals surface area (Å²) in [4.78, 5) is 23.8. The van der Waals surface area contributed by atoms with Crippen LogP contribution >= 0.6 is 0 Å². The highest BCUT2D eigenvalue weighted by molar-refractivity contribution is 5.82. The number of amides is 1. The molecule has 6 heteroatoms. The van der Waals surface area contributed by atoms with E-state index in [-0.39, 0.29) is 17.7 Å². The summed E-state index contributed by atoms with van der Waals surface area (Å²) < 4.78 is 11.1. The van der Waals surface area contributed by atoms with E-state index in [0.717, 1.165) is 5.56 Å². The largest absolute Gasteiger partial charge is 0.481 e. The van der Waals surface area contributed by atoms with Crippen molar-refractivity contribution in [3.05, 3.63) is 29.8 Å². The van der Waals surface area contributed by atoms with Crippen LogP contribution in [-0.2, 0) is 19.7 Å². The summed E-state index contributed by atoms with van der Waals surface area (Å²) in [7, 11) is 0. The Morgan fingerprint density at radius 3 is 2.54 bits per heavy atom. The number of carboxylic acids is 1. The van der Waals surface area contributed by atoms with Crippen LogP contribution in [-0.4, -0.2) is 41.8 Å². The molecule has 2 rings (SSSR count). The summed E-state index contributed by atoms with van der Waals surface area (Å²) in [5, 5.41) is 12.1. The van der Waals surface area contributed by atoms with Crippen molar-refractivity contribution in [3.8, 4) is 5.75 Å². The summed E-state index contributed by atoms with van der Waals surface area (Å²) in [5.41, 5.74) is 0.333. The van der Waals surface area contributed by atoms with Gasteiger partial charge in [-0.25, -0.2) is 0 Å². The maximum atomic E-state index is 12.6. The minimum absolute atomic E-state index is 0.0154.